The standard InChI is InChI=1S/C12H14Cl3F2N3O.HI/c1-18-12(20-6-10(16)17)19-2-3-21-11-8(14)4-7(13)5-9(11)15;/h4-5,10H,2-3,6H2,1H3,(H2,18,19,20);1H. The molecule has 0 fully saturated rings. The molecule has 0 amide bonds. The fraction of sp³-hybridized carbons (Fsp3) is 0.417. The highest BCUT2D eigenvalue weighted by molar-refractivity contribution is 14.0. The first-order chi connectivity index (χ1) is 9.93. The van der Waals surface area contributed by atoms with E-state index in [0.717, 1.165) is 0 Å². The summed E-state index contributed by atoms with van der Waals surface area (Å²) >= 11 is 17.7. The minimum Gasteiger partial charge on any atom is -0.489 e. The lowest BCUT2D eigenvalue weighted by molar-refractivity contribution is 0.152. The summed E-state index contributed by atoms with van der Waals surface area (Å²) in [4.78, 5) is 3.79. The van der Waals surface area contributed by atoms with E-state index in [9.17, 15) is 8.78 Å². The number of halogens is 6. The molecule has 0 aliphatic heterocycles. The minimum atomic E-state index is -2.45. The van der Waals surface area contributed by atoms with Crippen molar-refractivity contribution in [3.63, 3.8) is 0 Å². The summed E-state index contributed by atoms with van der Waals surface area (Å²) in [5.74, 6) is 0.576. The molecule has 0 radical (unpaired) electrons. The molecule has 1 rings (SSSR count). The molecule has 1 aromatic carbocycles. The summed E-state index contributed by atoms with van der Waals surface area (Å²) in [5.41, 5.74) is 0. The van der Waals surface area contributed by atoms with Crippen LogP contribution in [0.15, 0.2) is 17.1 Å². The maximum Gasteiger partial charge on any atom is 0.255 e. The fourth-order valence-corrected chi connectivity index (χ4v) is 2.31. The number of nitrogens with zero attached hydrogens (tertiary/aromatic N) is 1. The van der Waals surface area contributed by atoms with E-state index in [2.05, 4.69) is 15.6 Å². The predicted molar refractivity (Wildman–Crippen MR) is 97.8 cm³/mol. The zero-order valence-electron chi connectivity index (χ0n) is 11.5. The van der Waals surface area contributed by atoms with Gasteiger partial charge in [-0.2, -0.15) is 0 Å². The van der Waals surface area contributed by atoms with Gasteiger partial charge in [-0.15, -0.1) is 24.0 Å². The number of alkyl halides is 2. The maximum absolute atomic E-state index is 12.1. The van der Waals surface area contributed by atoms with Gasteiger partial charge in [0, 0.05) is 12.1 Å². The van der Waals surface area contributed by atoms with Crippen LogP contribution in [-0.2, 0) is 0 Å². The summed E-state index contributed by atoms with van der Waals surface area (Å²) in [6, 6.07) is 3.03. The van der Waals surface area contributed by atoms with Crippen molar-refractivity contribution in [1.29, 1.82) is 0 Å². The van der Waals surface area contributed by atoms with Crippen LogP contribution in [0.1, 0.15) is 0 Å². The Morgan fingerprint density at radius 2 is 1.82 bits per heavy atom. The first kappa shape index (κ1) is 21.8. The average Bonchev–Trinajstić information content (AvgIpc) is 2.39. The number of rotatable bonds is 6. The molecule has 0 bridgehead atoms. The van der Waals surface area contributed by atoms with Crippen molar-refractivity contribution >= 4 is 64.7 Å². The van der Waals surface area contributed by atoms with E-state index in [1.54, 1.807) is 0 Å². The molecule has 0 heterocycles. The van der Waals surface area contributed by atoms with Crippen LogP contribution in [0.25, 0.3) is 0 Å². The molecule has 0 spiro atoms. The van der Waals surface area contributed by atoms with Crippen molar-refractivity contribution in [2.24, 2.45) is 4.99 Å². The van der Waals surface area contributed by atoms with Crippen LogP contribution >= 0.6 is 58.8 Å². The molecule has 0 saturated carbocycles. The van der Waals surface area contributed by atoms with E-state index in [-0.39, 0.29) is 36.5 Å². The van der Waals surface area contributed by atoms with Gasteiger partial charge in [0.05, 0.1) is 23.1 Å². The van der Waals surface area contributed by atoms with Gasteiger partial charge in [-0.1, -0.05) is 34.8 Å². The first-order valence-corrected chi connectivity index (χ1v) is 7.07. The van der Waals surface area contributed by atoms with Gasteiger partial charge in [0.2, 0.25) is 0 Å². The van der Waals surface area contributed by atoms with Crippen LogP contribution in [0.4, 0.5) is 8.78 Å². The fourth-order valence-electron chi connectivity index (χ4n) is 1.38. The van der Waals surface area contributed by atoms with Gasteiger partial charge >= 0.3 is 0 Å². The van der Waals surface area contributed by atoms with Gasteiger partial charge in [-0.25, -0.2) is 8.78 Å². The molecule has 126 valence electrons. The molecular weight excluding hydrogens is 473 g/mol. The van der Waals surface area contributed by atoms with Crippen LogP contribution in [0, 0.1) is 0 Å². The third-order valence-electron chi connectivity index (χ3n) is 2.25. The van der Waals surface area contributed by atoms with E-state index in [1.165, 1.54) is 19.2 Å². The second-order valence-corrected chi connectivity index (χ2v) is 5.07. The highest BCUT2D eigenvalue weighted by atomic mass is 127. The van der Waals surface area contributed by atoms with Gasteiger partial charge in [0.25, 0.3) is 6.43 Å². The Labute approximate surface area is 159 Å². The summed E-state index contributed by atoms with van der Waals surface area (Å²) in [6.45, 7) is 0.0734. The molecule has 0 unspecified atom stereocenters. The van der Waals surface area contributed by atoms with Crippen molar-refractivity contribution < 1.29 is 13.5 Å². The monoisotopic (exact) mass is 487 g/mol. The molecule has 22 heavy (non-hydrogen) atoms. The molecule has 0 saturated heterocycles. The quantitative estimate of drug-likeness (QED) is 0.275. The largest absolute Gasteiger partial charge is 0.489 e. The number of guanidine groups is 1. The summed E-state index contributed by atoms with van der Waals surface area (Å²) < 4.78 is 29.5. The third-order valence-corrected chi connectivity index (χ3v) is 3.03. The average molecular weight is 489 g/mol. The van der Waals surface area contributed by atoms with E-state index in [0.29, 0.717) is 27.4 Å². The van der Waals surface area contributed by atoms with Crippen LogP contribution in [0.2, 0.25) is 15.1 Å². The maximum atomic E-state index is 12.1. The Balaban J connectivity index is 0.00000441. The lowest BCUT2D eigenvalue weighted by Gasteiger charge is -2.13. The molecule has 0 aliphatic rings. The van der Waals surface area contributed by atoms with Crippen LogP contribution < -0.4 is 15.4 Å². The molecule has 0 aromatic heterocycles. The van der Waals surface area contributed by atoms with E-state index < -0.39 is 13.0 Å². The van der Waals surface area contributed by atoms with Gasteiger partial charge in [-0.05, 0) is 12.1 Å². The Hall–Kier alpha value is -0.250. The third kappa shape index (κ3) is 7.85. The molecule has 1 aromatic rings. The minimum absolute atomic E-state index is 0. The van der Waals surface area contributed by atoms with E-state index in [4.69, 9.17) is 39.5 Å². The number of hydrogen-bond acceptors (Lipinski definition) is 2. The van der Waals surface area contributed by atoms with Crippen molar-refractivity contribution in [2.45, 2.75) is 6.43 Å². The number of ether oxygens (including phenoxy) is 1. The van der Waals surface area contributed by atoms with Crippen LogP contribution in [0.3, 0.4) is 0 Å². The number of nitrogens with one attached hydrogen (secondary N) is 2. The zero-order chi connectivity index (χ0) is 15.8. The number of benzene rings is 1. The second-order valence-electron chi connectivity index (χ2n) is 3.82. The highest BCUT2D eigenvalue weighted by Crippen LogP contribution is 2.35. The summed E-state index contributed by atoms with van der Waals surface area (Å²) in [5, 5.41) is 6.28. The van der Waals surface area contributed by atoms with Crippen molar-refractivity contribution in [3.05, 3.63) is 27.2 Å². The van der Waals surface area contributed by atoms with Crippen LogP contribution in [0.5, 0.6) is 5.75 Å². The SMILES string of the molecule is CN=C(NCCOc1c(Cl)cc(Cl)cc1Cl)NCC(F)F.I. The smallest absolute Gasteiger partial charge is 0.255 e. The molecule has 10 heteroatoms. The zero-order valence-corrected chi connectivity index (χ0v) is 16.1. The van der Waals surface area contributed by atoms with Gasteiger partial charge in [0.15, 0.2) is 11.7 Å². The predicted octanol–water partition coefficient (Wildman–Crippen LogP) is 4.07. The van der Waals surface area contributed by atoms with Gasteiger partial charge in [0.1, 0.15) is 6.61 Å². The lowest BCUT2D eigenvalue weighted by atomic mass is 10.3. The highest BCUT2D eigenvalue weighted by Gasteiger charge is 2.09. The van der Waals surface area contributed by atoms with Gasteiger partial charge < -0.3 is 15.4 Å². The Morgan fingerprint density at radius 1 is 1.23 bits per heavy atom. The van der Waals surface area contributed by atoms with E-state index >= 15 is 0 Å². The molecule has 2 N–H and O–H groups in total. The van der Waals surface area contributed by atoms with Gasteiger partial charge in [-0.3, -0.25) is 4.99 Å². The first-order valence-electron chi connectivity index (χ1n) is 5.94. The number of aliphatic imine (C=N–C) groups is 1. The molecule has 4 nitrogen and oxygen atoms in total. The Morgan fingerprint density at radius 3 is 2.32 bits per heavy atom. The number of hydrogen-bond donors (Lipinski definition) is 2. The second kappa shape index (κ2) is 11.3. The molecular formula is C12H15Cl3F2IN3O. The Bertz CT molecular complexity index is 483. The van der Waals surface area contributed by atoms with Crippen molar-refractivity contribution in [2.75, 3.05) is 26.7 Å². The van der Waals surface area contributed by atoms with E-state index in [1.807, 2.05) is 0 Å². The molecule has 0 atom stereocenters. The van der Waals surface area contributed by atoms with Crippen molar-refractivity contribution in [1.82, 2.24) is 10.6 Å². The summed E-state index contributed by atoms with van der Waals surface area (Å²) in [7, 11) is 1.48. The summed E-state index contributed by atoms with van der Waals surface area (Å²) in [6.07, 6.45) is -2.45. The Kier molecular flexibility index (Phi) is 11.2. The topological polar surface area (TPSA) is 45.7 Å². The molecule has 0 aliphatic carbocycles. The normalized spacial score (nSPS) is 11.1. The lowest BCUT2D eigenvalue weighted by Crippen LogP contribution is -2.41. The van der Waals surface area contributed by atoms with Crippen molar-refractivity contribution in [3.8, 4) is 5.75 Å². The van der Waals surface area contributed by atoms with Crippen LogP contribution in [-0.4, -0.2) is 39.1 Å².